The summed E-state index contributed by atoms with van der Waals surface area (Å²) < 4.78 is 11.5. The van der Waals surface area contributed by atoms with E-state index in [2.05, 4.69) is 15.2 Å². The van der Waals surface area contributed by atoms with Crippen molar-refractivity contribution in [2.45, 2.75) is 18.5 Å². The van der Waals surface area contributed by atoms with Crippen LogP contribution in [0.3, 0.4) is 0 Å². The van der Waals surface area contributed by atoms with Crippen LogP contribution in [0.1, 0.15) is 30.0 Å². The highest BCUT2D eigenvalue weighted by atomic mass is 35.5. The smallest absolute Gasteiger partial charge is 0.170 e. The van der Waals surface area contributed by atoms with Gasteiger partial charge in [0.15, 0.2) is 5.11 Å². The molecule has 0 radical (unpaired) electrons. The van der Waals surface area contributed by atoms with E-state index in [0.717, 1.165) is 30.0 Å². The molecule has 0 unspecified atom stereocenters. The molecule has 0 bridgehead atoms. The molecule has 0 amide bonds. The number of thiocarbonyl (C=S) groups is 1. The number of hydrogen-bond acceptors (Lipinski definition) is 4. The lowest BCUT2D eigenvalue weighted by Gasteiger charge is -2.26. The van der Waals surface area contributed by atoms with Crippen LogP contribution in [-0.2, 0) is 4.74 Å². The molecule has 1 N–H and O–H groups in total. The summed E-state index contributed by atoms with van der Waals surface area (Å²) in [4.78, 5) is 6.68. The van der Waals surface area contributed by atoms with Crippen molar-refractivity contribution < 1.29 is 9.15 Å². The first-order valence-corrected chi connectivity index (χ1v) is 10.8. The number of pyridine rings is 1. The van der Waals surface area contributed by atoms with Gasteiger partial charge in [0, 0.05) is 37.0 Å². The van der Waals surface area contributed by atoms with Crippen LogP contribution in [0.2, 0.25) is 10.0 Å². The summed E-state index contributed by atoms with van der Waals surface area (Å²) in [6, 6.07) is 14.9. The number of methoxy groups -OCH3 is 1. The first-order chi connectivity index (χ1) is 14.6. The Morgan fingerprint density at radius 3 is 2.80 bits per heavy atom. The maximum atomic E-state index is 6.38. The fraction of sp³-hybridized carbons (Fsp3) is 0.273. The SMILES string of the molecule is COCCCN1C(=S)N[C@@H](c2ccccn2)[C@@H]1c1ccc(-c2ccc(Cl)cc2Cl)o1. The molecule has 1 aromatic carbocycles. The summed E-state index contributed by atoms with van der Waals surface area (Å²) in [5.41, 5.74) is 1.70. The van der Waals surface area contributed by atoms with E-state index < -0.39 is 0 Å². The van der Waals surface area contributed by atoms with Crippen molar-refractivity contribution in [2.24, 2.45) is 0 Å². The molecule has 2 atom stereocenters. The van der Waals surface area contributed by atoms with Gasteiger partial charge in [-0.2, -0.15) is 0 Å². The number of ether oxygens (including phenoxy) is 1. The van der Waals surface area contributed by atoms with Gasteiger partial charge in [-0.15, -0.1) is 0 Å². The topological polar surface area (TPSA) is 50.5 Å². The van der Waals surface area contributed by atoms with Crippen molar-refractivity contribution in [3.63, 3.8) is 0 Å². The molecule has 0 saturated carbocycles. The van der Waals surface area contributed by atoms with Crippen molar-refractivity contribution in [3.8, 4) is 11.3 Å². The number of benzene rings is 1. The molecule has 30 heavy (non-hydrogen) atoms. The summed E-state index contributed by atoms with van der Waals surface area (Å²) in [5, 5.41) is 5.22. The molecule has 0 aliphatic carbocycles. The zero-order valence-corrected chi connectivity index (χ0v) is 18.7. The van der Waals surface area contributed by atoms with Crippen LogP contribution in [0.15, 0.2) is 59.1 Å². The third-order valence-electron chi connectivity index (χ3n) is 5.06. The van der Waals surface area contributed by atoms with E-state index in [1.165, 1.54) is 0 Å². The van der Waals surface area contributed by atoms with Crippen molar-refractivity contribution in [2.75, 3.05) is 20.3 Å². The molecule has 3 heterocycles. The Morgan fingerprint density at radius 2 is 2.07 bits per heavy atom. The molecule has 156 valence electrons. The molecule has 1 fully saturated rings. The predicted octanol–water partition coefficient (Wildman–Crippen LogP) is 5.66. The Hall–Kier alpha value is -2.12. The lowest BCUT2D eigenvalue weighted by Crippen LogP contribution is -2.31. The number of rotatable bonds is 7. The highest BCUT2D eigenvalue weighted by Crippen LogP contribution is 2.41. The number of furan rings is 1. The zero-order valence-electron chi connectivity index (χ0n) is 16.3. The van der Waals surface area contributed by atoms with Gasteiger partial charge in [-0.1, -0.05) is 29.3 Å². The molecule has 0 spiro atoms. The Labute approximate surface area is 190 Å². The number of aromatic nitrogens is 1. The normalized spacial score (nSPS) is 18.6. The largest absolute Gasteiger partial charge is 0.459 e. The first-order valence-electron chi connectivity index (χ1n) is 9.60. The fourth-order valence-electron chi connectivity index (χ4n) is 3.68. The minimum Gasteiger partial charge on any atom is -0.459 e. The quantitative estimate of drug-likeness (QED) is 0.361. The molecule has 8 heteroatoms. The number of nitrogens with zero attached hydrogens (tertiary/aromatic N) is 2. The minimum atomic E-state index is -0.135. The second-order valence-corrected chi connectivity index (χ2v) is 8.22. The van der Waals surface area contributed by atoms with Crippen molar-refractivity contribution in [1.82, 2.24) is 15.2 Å². The molecule has 1 aliphatic heterocycles. The van der Waals surface area contributed by atoms with Gasteiger partial charge in [0.25, 0.3) is 0 Å². The summed E-state index contributed by atoms with van der Waals surface area (Å²) in [6.45, 7) is 1.40. The predicted molar refractivity (Wildman–Crippen MR) is 123 cm³/mol. The van der Waals surface area contributed by atoms with E-state index in [9.17, 15) is 0 Å². The molecule has 4 rings (SSSR count). The van der Waals surface area contributed by atoms with Gasteiger partial charge in [0.2, 0.25) is 0 Å². The van der Waals surface area contributed by atoms with Gasteiger partial charge in [0.05, 0.1) is 16.8 Å². The third-order valence-corrected chi connectivity index (χ3v) is 5.96. The van der Waals surface area contributed by atoms with Crippen LogP contribution < -0.4 is 5.32 Å². The highest BCUT2D eigenvalue weighted by Gasteiger charge is 2.41. The Morgan fingerprint density at radius 1 is 1.20 bits per heavy atom. The monoisotopic (exact) mass is 461 g/mol. The van der Waals surface area contributed by atoms with Crippen molar-refractivity contribution >= 4 is 40.5 Å². The minimum absolute atomic E-state index is 0.124. The van der Waals surface area contributed by atoms with Gasteiger partial charge in [-0.3, -0.25) is 4.98 Å². The molecule has 1 aliphatic rings. The molecule has 2 aromatic heterocycles. The number of halogens is 2. The number of nitrogens with one attached hydrogen (secondary N) is 1. The van der Waals surface area contributed by atoms with Gasteiger partial charge < -0.3 is 19.4 Å². The van der Waals surface area contributed by atoms with Crippen LogP contribution in [0.5, 0.6) is 0 Å². The van der Waals surface area contributed by atoms with Gasteiger partial charge in [-0.25, -0.2) is 0 Å². The lowest BCUT2D eigenvalue weighted by molar-refractivity contribution is 0.177. The maximum absolute atomic E-state index is 6.38. The van der Waals surface area contributed by atoms with E-state index in [0.29, 0.717) is 27.5 Å². The summed E-state index contributed by atoms with van der Waals surface area (Å²) >= 11 is 18.1. The van der Waals surface area contributed by atoms with E-state index in [1.807, 2.05) is 36.4 Å². The highest BCUT2D eigenvalue weighted by molar-refractivity contribution is 7.80. The van der Waals surface area contributed by atoms with E-state index in [1.54, 1.807) is 25.4 Å². The summed E-state index contributed by atoms with van der Waals surface area (Å²) in [7, 11) is 1.70. The number of hydrogen-bond donors (Lipinski definition) is 1. The molecule has 3 aromatic rings. The third kappa shape index (κ3) is 4.32. The Bertz CT molecular complexity index is 1030. The standard InChI is InChI=1S/C22H21Cl2N3O2S/c1-28-12-4-11-27-21(20(26-22(27)30)17-5-2-3-10-25-17)19-9-8-18(29-19)15-7-6-14(23)13-16(15)24/h2-3,5-10,13,20-21H,4,11-12H2,1H3,(H,26,30)/t20-,21-/m0/s1. The molecular formula is C22H21Cl2N3O2S. The second-order valence-electron chi connectivity index (χ2n) is 6.99. The molecule has 1 saturated heterocycles. The lowest BCUT2D eigenvalue weighted by atomic mass is 10.0. The van der Waals surface area contributed by atoms with Gasteiger partial charge in [-0.05, 0) is 61.1 Å². The molecule has 5 nitrogen and oxygen atoms in total. The average molecular weight is 462 g/mol. The van der Waals surface area contributed by atoms with Crippen LogP contribution in [0, 0.1) is 0 Å². The molecular weight excluding hydrogens is 441 g/mol. The summed E-state index contributed by atoms with van der Waals surface area (Å²) in [6.07, 6.45) is 2.63. The van der Waals surface area contributed by atoms with E-state index in [-0.39, 0.29) is 12.1 Å². The maximum Gasteiger partial charge on any atom is 0.170 e. The van der Waals surface area contributed by atoms with Crippen molar-refractivity contribution in [3.05, 3.63) is 76.2 Å². The van der Waals surface area contributed by atoms with Crippen molar-refractivity contribution in [1.29, 1.82) is 0 Å². The Kier molecular flexibility index (Phi) is 6.58. The summed E-state index contributed by atoms with van der Waals surface area (Å²) in [5.74, 6) is 1.47. The van der Waals surface area contributed by atoms with E-state index in [4.69, 9.17) is 44.6 Å². The van der Waals surface area contributed by atoms with Crippen LogP contribution >= 0.6 is 35.4 Å². The zero-order chi connectivity index (χ0) is 21.1. The first kappa shape index (κ1) is 21.1. The van der Waals surface area contributed by atoms with Gasteiger partial charge in [0.1, 0.15) is 17.6 Å². The average Bonchev–Trinajstić information content (AvgIpc) is 3.34. The Balaban J connectivity index is 1.69. The van der Waals surface area contributed by atoms with Crippen LogP contribution in [0.25, 0.3) is 11.3 Å². The second kappa shape index (κ2) is 9.35. The van der Waals surface area contributed by atoms with E-state index >= 15 is 0 Å². The fourth-order valence-corrected chi connectivity index (χ4v) is 4.51. The van der Waals surface area contributed by atoms with Crippen LogP contribution in [0.4, 0.5) is 0 Å². The van der Waals surface area contributed by atoms with Gasteiger partial charge >= 0.3 is 0 Å². The van der Waals surface area contributed by atoms with Crippen LogP contribution in [-0.4, -0.2) is 35.3 Å².